The molecule has 84 valence electrons. The van der Waals surface area contributed by atoms with E-state index < -0.39 is 24.4 Å². The highest BCUT2D eigenvalue weighted by Gasteiger charge is 2.32. The molecule has 0 atom stereocenters. The van der Waals surface area contributed by atoms with Gasteiger partial charge in [0.1, 0.15) is 0 Å². The van der Waals surface area contributed by atoms with Crippen LogP contribution in [0.25, 0.3) is 0 Å². The van der Waals surface area contributed by atoms with E-state index in [1.807, 2.05) is 0 Å². The summed E-state index contributed by atoms with van der Waals surface area (Å²) in [5, 5.41) is 0.610. The Labute approximate surface area is 79.8 Å². The largest absolute Gasteiger partial charge is 0.439 e. The number of rotatable bonds is 1. The standard InChI is InChI=1S/C7H13F3N2O2/c1-6(2,3)12(11)5(13)14-4-7(8,9)10/h4,11H2,1-3H3. The molecule has 14 heavy (non-hydrogen) atoms. The quantitative estimate of drug-likeness (QED) is 0.410. The number of amides is 1. The summed E-state index contributed by atoms with van der Waals surface area (Å²) in [6.07, 6.45) is -5.73. The van der Waals surface area contributed by atoms with Gasteiger partial charge in [-0.2, -0.15) is 13.2 Å². The molecule has 0 aliphatic heterocycles. The molecule has 2 N–H and O–H groups in total. The van der Waals surface area contributed by atoms with E-state index in [9.17, 15) is 18.0 Å². The van der Waals surface area contributed by atoms with Gasteiger partial charge in [0.25, 0.3) is 0 Å². The molecule has 0 saturated heterocycles. The van der Waals surface area contributed by atoms with Gasteiger partial charge in [0.15, 0.2) is 6.61 Å². The first-order valence-electron chi connectivity index (χ1n) is 3.82. The third-order valence-electron chi connectivity index (χ3n) is 1.28. The minimum absolute atomic E-state index is 0.610. The summed E-state index contributed by atoms with van der Waals surface area (Å²) in [6.45, 7) is 3.08. The summed E-state index contributed by atoms with van der Waals surface area (Å²) < 4.78 is 38.8. The van der Waals surface area contributed by atoms with E-state index in [4.69, 9.17) is 5.84 Å². The molecular weight excluding hydrogens is 201 g/mol. The first-order valence-corrected chi connectivity index (χ1v) is 3.82. The van der Waals surface area contributed by atoms with Gasteiger partial charge in [-0.15, -0.1) is 0 Å². The number of carbonyl (C=O) groups excluding carboxylic acids is 1. The lowest BCUT2D eigenvalue weighted by Crippen LogP contribution is -2.51. The minimum Gasteiger partial charge on any atom is -0.439 e. The minimum atomic E-state index is -4.53. The molecule has 0 saturated carbocycles. The molecule has 0 unspecified atom stereocenters. The molecule has 0 radical (unpaired) electrons. The lowest BCUT2D eigenvalue weighted by Gasteiger charge is -2.30. The van der Waals surface area contributed by atoms with Crippen molar-refractivity contribution in [2.24, 2.45) is 5.84 Å². The Hall–Kier alpha value is -0.980. The van der Waals surface area contributed by atoms with Gasteiger partial charge < -0.3 is 4.74 Å². The number of nitrogens with zero attached hydrogens (tertiary/aromatic N) is 1. The van der Waals surface area contributed by atoms with Crippen molar-refractivity contribution in [3.8, 4) is 0 Å². The van der Waals surface area contributed by atoms with Gasteiger partial charge in [0.2, 0.25) is 0 Å². The van der Waals surface area contributed by atoms with Crippen LogP contribution in [-0.4, -0.2) is 29.4 Å². The van der Waals surface area contributed by atoms with Gasteiger partial charge in [0.05, 0.1) is 5.54 Å². The van der Waals surface area contributed by atoms with E-state index in [0.29, 0.717) is 5.01 Å². The number of carbonyl (C=O) groups is 1. The van der Waals surface area contributed by atoms with Gasteiger partial charge in [-0.25, -0.2) is 15.6 Å². The van der Waals surface area contributed by atoms with Crippen LogP contribution in [0.3, 0.4) is 0 Å². The van der Waals surface area contributed by atoms with Gasteiger partial charge in [0, 0.05) is 0 Å². The zero-order valence-electron chi connectivity index (χ0n) is 8.18. The Kier molecular flexibility index (Phi) is 3.75. The molecule has 0 rings (SSSR count). The predicted molar refractivity (Wildman–Crippen MR) is 43.2 cm³/mol. The van der Waals surface area contributed by atoms with Crippen LogP contribution in [-0.2, 0) is 4.74 Å². The number of ether oxygens (including phenoxy) is 1. The van der Waals surface area contributed by atoms with Crippen LogP contribution in [0.2, 0.25) is 0 Å². The Balaban J connectivity index is 4.11. The smallest absolute Gasteiger partial charge is 0.424 e. The number of hydrazine groups is 1. The molecule has 1 amide bonds. The number of halogens is 3. The lowest BCUT2D eigenvalue weighted by molar-refractivity contribution is -0.163. The second-order valence-electron chi connectivity index (χ2n) is 3.71. The van der Waals surface area contributed by atoms with Crippen molar-refractivity contribution >= 4 is 6.09 Å². The molecule has 0 aliphatic carbocycles. The maximum atomic E-state index is 11.6. The Bertz CT molecular complexity index is 210. The summed E-state index contributed by atoms with van der Waals surface area (Å²) in [7, 11) is 0. The molecular formula is C7H13F3N2O2. The second kappa shape index (κ2) is 4.04. The molecule has 0 aromatic carbocycles. The zero-order valence-corrected chi connectivity index (χ0v) is 8.18. The summed E-state index contributed by atoms with van der Waals surface area (Å²) in [6, 6.07) is 0. The van der Waals surface area contributed by atoms with Gasteiger partial charge in [-0.05, 0) is 20.8 Å². The number of hydrogen-bond donors (Lipinski definition) is 1. The predicted octanol–water partition coefficient (Wildman–Crippen LogP) is 1.66. The molecule has 0 aromatic heterocycles. The first-order chi connectivity index (χ1) is 6.04. The highest BCUT2D eigenvalue weighted by molar-refractivity contribution is 5.67. The maximum Gasteiger partial charge on any atom is 0.424 e. The van der Waals surface area contributed by atoms with E-state index >= 15 is 0 Å². The van der Waals surface area contributed by atoms with Gasteiger partial charge in [-0.3, -0.25) is 0 Å². The monoisotopic (exact) mass is 214 g/mol. The Morgan fingerprint density at radius 2 is 1.79 bits per heavy atom. The topological polar surface area (TPSA) is 55.6 Å². The van der Waals surface area contributed by atoms with Crippen molar-refractivity contribution < 1.29 is 22.7 Å². The molecule has 0 fully saturated rings. The van der Waals surface area contributed by atoms with Crippen molar-refractivity contribution in [3.05, 3.63) is 0 Å². The fourth-order valence-electron chi connectivity index (χ4n) is 0.487. The number of nitrogens with two attached hydrogens (primary N) is 1. The third kappa shape index (κ3) is 4.90. The van der Waals surface area contributed by atoms with Crippen LogP contribution in [0.4, 0.5) is 18.0 Å². The SMILES string of the molecule is CC(C)(C)N(N)C(=O)OCC(F)(F)F. The van der Waals surface area contributed by atoms with E-state index in [2.05, 4.69) is 4.74 Å². The van der Waals surface area contributed by atoms with Crippen LogP contribution in [0, 0.1) is 0 Å². The average Bonchev–Trinajstić information content (AvgIpc) is 1.95. The fraction of sp³-hybridized carbons (Fsp3) is 0.857. The summed E-state index contributed by atoms with van der Waals surface area (Å²) in [5.41, 5.74) is -0.775. The summed E-state index contributed by atoms with van der Waals surface area (Å²) in [5.74, 6) is 5.22. The first kappa shape index (κ1) is 13.0. The van der Waals surface area contributed by atoms with Crippen LogP contribution >= 0.6 is 0 Å². The summed E-state index contributed by atoms with van der Waals surface area (Å²) >= 11 is 0. The summed E-state index contributed by atoms with van der Waals surface area (Å²) in [4.78, 5) is 10.9. The van der Waals surface area contributed by atoms with E-state index in [1.165, 1.54) is 0 Å². The molecule has 0 aliphatic rings. The lowest BCUT2D eigenvalue weighted by atomic mass is 10.1. The zero-order chi connectivity index (χ0) is 11.6. The van der Waals surface area contributed by atoms with E-state index in [-0.39, 0.29) is 0 Å². The highest BCUT2D eigenvalue weighted by Crippen LogP contribution is 2.16. The Morgan fingerprint density at radius 1 is 1.36 bits per heavy atom. The van der Waals surface area contributed by atoms with Crippen LogP contribution in [0.5, 0.6) is 0 Å². The van der Waals surface area contributed by atoms with Crippen molar-refractivity contribution in [3.63, 3.8) is 0 Å². The van der Waals surface area contributed by atoms with Crippen LogP contribution in [0.1, 0.15) is 20.8 Å². The van der Waals surface area contributed by atoms with Crippen LogP contribution < -0.4 is 5.84 Å². The molecule has 7 heteroatoms. The van der Waals surface area contributed by atoms with Crippen molar-refractivity contribution in [2.75, 3.05) is 6.61 Å². The maximum absolute atomic E-state index is 11.6. The van der Waals surface area contributed by atoms with Crippen molar-refractivity contribution in [1.82, 2.24) is 5.01 Å². The normalized spacial score (nSPS) is 12.5. The second-order valence-corrected chi connectivity index (χ2v) is 3.71. The molecule has 0 bridgehead atoms. The van der Waals surface area contributed by atoms with Crippen molar-refractivity contribution in [1.29, 1.82) is 0 Å². The average molecular weight is 214 g/mol. The van der Waals surface area contributed by atoms with Crippen molar-refractivity contribution in [2.45, 2.75) is 32.5 Å². The molecule has 0 heterocycles. The van der Waals surface area contributed by atoms with Gasteiger partial charge >= 0.3 is 12.3 Å². The van der Waals surface area contributed by atoms with E-state index in [0.717, 1.165) is 0 Å². The molecule has 0 aromatic rings. The van der Waals surface area contributed by atoms with E-state index in [1.54, 1.807) is 20.8 Å². The van der Waals surface area contributed by atoms with Gasteiger partial charge in [-0.1, -0.05) is 0 Å². The fourth-order valence-corrected chi connectivity index (χ4v) is 0.487. The number of alkyl halides is 3. The number of hydrogen-bond acceptors (Lipinski definition) is 3. The highest BCUT2D eigenvalue weighted by atomic mass is 19.4. The third-order valence-corrected chi connectivity index (χ3v) is 1.28. The molecule has 4 nitrogen and oxygen atoms in total. The molecule has 0 spiro atoms. The van der Waals surface area contributed by atoms with Crippen LogP contribution in [0.15, 0.2) is 0 Å². The Morgan fingerprint density at radius 3 is 2.07 bits per heavy atom.